The van der Waals surface area contributed by atoms with Gasteiger partial charge in [0.1, 0.15) is 4.90 Å². The van der Waals surface area contributed by atoms with Crippen LogP contribution < -0.4 is 5.32 Å². The van der Waals surface area contributed by atoms with E-state index in [0.29, 0.717) is 12.2 Å². The third kappa shape index (κ3) is 4.08. The van der Waals surface area contributed by atoms with E-state index in [-0.39, 0.29) is 10.3 Å². The molecule has 8 heteroatoms. The van der Waals surface area contributed by atoms with Gasteiger partial charge in [0, 0.05) is 34.8 Å². The van der Waals surface area contributed by atoms with E-state index in [2.05, 4.69) is 19.2 Å². The van der Waals surface area contributed by atoms with Crippen LogP contribution in [-0.2, 0) is 15.3 Å². The molecule has 124 valence electrons. The number of nitrogens with zero attached hydrogens (tertiary/aromatic N) is 1. The Morgan fingerprint density at radius 3 is 2.52 bits per heavy atom. The molecule has 1 heterocycles. The molecule has 0 aliphatic carbocycles. The van der Waals surface area contributed by atoms with Crippen LogP contribution in [0.2, 0.25) is 0 Å². The maximum absolute atomic E-state index is 11.8. The molecule has 6 nitrogen and oxygen atoms in total. The highest BCUT2D eigenvalue weighted by molar-refractivity contribution is 7.90. The molecule has 0 amide bonds. The van der Waals surface area contributed by atoms with Gasteiger partial charge < -0.3 is 5.32 Å². The summed E-state index contributed by atoms with van der Waals surface area (Å²) in [7, 11) is -3.68. The number of sulfone groups is 1. The third-order valence-corrected chi connectivity index (χ3v) is 5.84. The Balaban J connectivity index is 2.27. The molecule has 0 bridgehead atoms. The van der Waals surface area contributed by atoms with E-state index in [1.165, 1.54) is 23.1 Å². The van der Waals surface area contributed by atoms with Gasteiger partial charge in [-0.2, -0.15) is 0 Å². The van der Waals surface area contributed by atoms with Crippen LogP contribution in [0.15, 0.2) is 40.6 Å². The van der Waals surface area contributed by atoms with Gasteiger partial charge in [-0.3, -0.25) is 10.1 Å². The summed E-state index contributed by atoms with van der Waals surface area (Å²) < 4.78 is 23.5. The largest absolute Gasteiger partial charge is 0.384 e. The lowest BCUT2D eigenvalue weighted by molar-refractivity contribution is -0.387. The molecule has 0 aliphatic rings. The van der Waals surface area contributed by atoms with Gasteiger partial charge in [0.05, 0.1) is 4.92 Å². The summed E-state index contributed by atoms with van der Waals surface area (Å²) in [5.41, 5.74) is -0.00231. The van der Waals surface area contributed by atoms with Crippen LogP contribution in [0, 0.1) is 10.1 Å². The summed E-state index contributed by atoms with van der Waals surface area (Å²) in [6.07, 6.45) is 0.967. The number of thiophene rings is 1. The fourth-order valence-corrected chi connectivity index (χ4v) is 3.86. The molecule has 0 unspecified atom stereocenters. The lowest BCUT2D eigenvalue weighted by Gasteiger charge is -2.24. The van der Waals surface area contributed by atoms with Crippen LogP contribution in [0.5, 0.6) is 0 Å². The van der Waals surface area contributed by atoms with E-state index < -0.39 is 20.4 Å². The van der Waals surface area contributed by atoms with E-state index in [4.69, 9.17) is 0 Å². The monoisotopic (exact) mass is 354 g/mol. The Hall–Kier alpha value is -1.93. The number of nitrogens with one attached hydrogen (secondary N) is 1. The zero-order chi connectivity index (χ0) is 17.3. The van der Waals surface area contributed by atoms with Gasteiger partial charge in [0.2, 0.25) is 0 Å². The second-order valence-corrected chi connectivity index (χ2v) is 8.86. The summed E-state index contributed by atoms with van der Waals surface area (Å²) in [5, 5.41) is 16.2. The van der Waals surface area contributed by atoms with Gasteiger partial charge in [-0.25, -0.2) is 8.42 Å². The van der Waals surface area contributed by atoms with Crippen molar-refractivity contribution in [1.29, 1.82) is 0 Å². The summed E-state index contributed by atoms with van der Waals surface area (Å²) in [6, 6.07) is 8.09. The lowest BCUT2D eigenvalue weighted by atomic mass is 9.91. The summed E-state index contributed by atoms with van der Waals surface area (Å²) in [5.74, 6) is 0. The maximum Gasteiger partial charge on any atom is 0.288 e. The molecule has 0 aliphatic heterocycles. The molecule has 23 heavy (non-hydrogen) atoms. The van der Waals surface area contributed by atoms with Crippen molar-refractivity contribution in [2.24, 2.45) is 0 Å². The van der Waals surface area contributed by atoms with Crippen molar-refractivity contribution in [2.75, 3.05) is 18.1 Å². The van der Waals surface area contributed by atoms with Crippen molar-refractivity contribution >= 4 is 32.5 Å². The molecular formula is C15H18N2O4S2. The number of rotatable bonds is 6. The molecule has 0 atom stereocenters. The SMILES string of the molecule is CC(C)(CNc1ccc([N+](=O)[O-])c(S(C)(=O)=O)c1)c1cccs1. The molecular weight excluding hydrogens is 336 g/mol. The van der Waals surface area contributed by atoms with Gasteiger partial charge in [0.25, 0.3) is 5.69 Å². The van der Waals surface area contributed by atoms with Crippen molar-refractivity contribution in [3.63, 3.8) is 0 Å². The van der Waals surface area contributed by atoms with Crippen molar-refractivity contribution in [3.8, 4) is 0 Å². The molecule has 1 aromatic heterocycles. The fraction of sp³-hybridized carbons (Fsp3) is 0.333. The molecule has 1 aromatic carbocycles. The molecule has 2 rings (SSSR count). The Bertz CT molecular complexity index is 812. The number of nitro groups is 1. The van der Waals surface area contributed by atoms with Gasteiger partial charge in [0.15, 0.2) is 9.84 Å². The normalized spacial score (nSPS) is 12.1. The summed E-state index contributed by atoms with van der Waals surface area (Å²) in [6.45, 7) is 4.73. The second-order valence-electron chi connectivity index (χ2n) is 5.93. The molecule has 0 fully saturated rings. The number of anilines is 1. The highest BCUT2D eigenvalue weighted by Gasteiger charge is 2.24. The first-order chi connectivity index (χ1) is 10.6. The third-order valence-electron chi connectivity index (χ3n) is 3.48. The van der Waals surface area contributed by atoms with Crippen LogP contribution >= 0.6 is 11.3 Å². The van der Waals surface area contributed by atoms with Crippen LogP contribution in [0.3, 0.4) is 0 Å². The highest BCUT2D eigenvalue weighted by atomic mass is 32.2. The number of hydrogen-bond donors (Lipinski definition) is 1. The molecule has 0 saturated carbocycles. The zero-order valence-electron chi connectivity index (χ0n) is 13.1. The minimum atomic E-state index is -3.68. The van der Waals surface area contributed by atoms with Crippen molar-refractivity contribution in [2.45, 2.75) is 24.2 Å². The van der Waals surface area contributed by atoms with Crippen LogP contribution in [0.25, 0.3) is 0 Å². The van der Waals surface area contributed by atoms with Gasteiger partial charge in [-0.05, 0) is 23.6 Å². The smallest absolute Gasteiger partial charge is 0.288 e. The van der Waals surface area contributed by atoms with Crippen LogP contribution in [-0.4, -0.2) is 26.1 Å². The van der Waals surface area contributed by atoms with E-state index in [0.717, 1.165) is 6.26 Å². The highest BCUT2D eigenvalue weighted by Crippen LogP contribution is 2.30. The topological polar surface area (TPSA) is 89.3 Å². The average molecular weight is 354 g/mol. The van der Waals surface area contributed by atoms with Crippen molar-refractivity contribution in [3.05, 3.63) is 50.7 Å². The molecule has 0 saturated heterocycles. The zero-order valence-corrected chi connectivity index (χ0v) is 14.7. The van der Waals surface area contributed by atoms with Gasteiger partial charge in [-0.1, -0.05) is 19.9 Å². The predicted octanol–water partition coefficient (Wildman–Crippen LogP) is 3.45. The first-order valence-corrected chi connectivity index (χ1v) is 9.65. The second kappa shape index (κ2) is 6.29. The standard InChI is InChI=1S/C15H18N2O4S2/c1-15(2,14-5-4-8-22-14)10-16-11-6-7-12(17(18)19)13(9-11)23(3,20)21/h4-9,16H,10H2,1-3H3. The Labute approximate surface area is 139 Å². The molecule has 2 aromatic rings. The van der Waals surface area contributed by atoms with Gasteiger partial charge >= 0.3 is 0 Å². The Morgan fingerprint density at radius 1 is 1.30 bits per heavy atom. The Kier molecular flexibility index (Phi) is 4.76. The molecule has 0 spiro atoms. The molecule has 0 radical (unpaired) electrons. The Morgan fingerprint density at radius 2 is 2.00 bits per heavy atom. The predicted molar refractivity (Wildman–Crippen MR) is 92.0 cm³/mol. The van der Waals surface area contributed by atoms with Crippen LogP contribution in [0.4, 0.5) is 11.4 Å². The lowest BCUT2D eigenvalue weighted by Crippen LogP contribution is -2.26. The molecule has 1 N–H and O–H groups in total. The first kappa shape index (κ1) is 17.4. The average Bonchev–Trinajstić information content (AvgIpc) is 2.99. The van der Waals surface area contributed by atoms with Crippen molar-refractivity contribution in [1.82, 2.24) is 0 Å². The summed E-state index contributed by atoms with van der Waals surface area (Å²) in [4.78, 5) is 11.2. The minimum Gasteiger partial charge on any atom is -0.384 e. The number of hydrogen-bond acceptors (Lipinski definition) is 6. The first-order valence-electron chi connectivity index (χ1n) is 6.87. The van der Waals surface area contributed by atoms with E-state index in [9.17, 15) is 18.5 Å². The maximum atomic E-state index is 11.8. The summed E-state index contributed by atoms with van der Waals surface area (Å²) >= 11 is 1.65. The van der Waals surface area contributed by atoms with Gasteiger partial charge in [-0.15, -0.1) is 11.3 Å². The number of nitro benzene ring substituents is 1. The van der Waals surface area contributed by atoms with E-state index >= 15 is 0 Å². The quantitative estimate of drug-likeness (QED) is 0.634. The fourth-order valence-electron chi connectivity index (χ4n) is 2.15. The van der Waals surface area contributed by atoms with E-state index in [1.54, 1.807) is 11.3 Å². The minimum absolute atomic E-state index is 0.138. The van der Waals surface area contributed by atoms with Crippen molar-refractivity contribution < 1.29 is 13.3 Å². The number of benzene rings is 1. The van der Waals surface area contributed by atoms with E-state index in [1.807, 2.05) is 17.5 Å². The van der Waals surface area contributed by atoms with Crippen LogP contribution in [0.1, 0.15) is 18.7 Å².